The van der Waals surface area contributed by atoms with Gasteiger partial charge in [-0.1, -0.05) is 74.5 Å². The summed E-state index contributed by atoms with van der Waals surface area (Å²) < 4.78 is 0. The molecule has 0 amide bonds. The van der Waals surface area contributed by atoms with Crippen molar-refractivity contribution in [3.63, 3.8) is 0 Å². The fourth-order valence-electron chi connectivity index (χ4n) is 2.47. The van der Waals surface area contributed by atoms with Crippen LogP contribution in [0.4, 0.5) is 0 Å². The van der Waals surface area contributed by atoms with Crippen LogP contribution in [0.5, 0.6) is 0 Å². The van der Waals surface area contributed by atoms with Gasteiger partial charge in [0.15, 0.2) is 0 Å². The first-order chi connectivity index (χ1) is 9.24. The molecule has 2 rings (SSSR count). The van der Waals surface area contributed by atoms with E-state index in [-0.39, 0.29) is 0 Å². The maximum absolute atomic E-state index is 2.29. The van der Waals surface area contributed by atoms with E-state index in [1.165, 1.54) is 22.3 Å². The van der Waals surface area contributed by atoms with Crippen LogP contribution in [0.2, 0.25) is 0 Å². The molecule has 98 valence electrons. The molecule has 0 spiro atoms. The maximum Gasteiger partial charge on any atom is 0.00670 e. The first kappa shape index (κ1) is 13.6. The molecule has 0 aliphatic carbocycles. The van der Waals surface area contributed by atoms with Crippen molar-refractivity contribution in [1.82, 2.24) is 0 Å². The molecule has 2 aromatic carbocycles. The molecule has 0 nitrogen and oxygen atoms in total. The van der Waals surface area contributed by atoms with E-state index in [2.05, 4.69) is 81.5 Å². The zero-order chi connectivity index (χ0) is 13.7. The highest BCUT2D eigenvalue weighted by Gasteiger charge is 2.12. The van der Waals surface area contributed by atoms with Crippen molar-refractivity contribution in [2.45, 2.75) is 33.1 Å². The third-order valence-electron chi connectivity index (χ3n) is 3.64. The molecular formula is C19H22. The fourth-order valence-corrected chi connectivity index (χ4v) is 2.47. The SMILES string of the molecule is CC/C=C\c1c(C)cccc1C(C)c1ccccc1. The van der Waals surface area contributed by atoms with Crippen molar-refractivity contribution < 1.29 is 0 Å². The minimum atomic E-state index is 0.428. The molecule has 1 atom stereocenters. The Kier molecular flexibility index (Phi) is 4.57. The molecule has 0 heterocycles. The lowest BCUT2D eigenvalue weighted by Gasteiger charge is -2.17. The maximum atomic E-state index is 2.29. The lowest BCUT2D eigenvalue weighted by Crippen LogP contribution is -2.00. The average molecular weight is 250 g/mol. The van der Waals surface area contributed by atoms with E-state index in [0.29, 0.717) is 5.92 Å². The van der Waals surface area contributed by atoms with Gasteiger partial charge in [0.1, 0.15) is 0 Å². The standard InChI is InChI=1S/C19H22/c1-4-5-13-18-15(2)10-9-14-19(18)16(3)17-11-7-6-8-12-17/h5-14,16H,4H2,1-3H3/b13-5-. The summed E-state index contributed by atoms with van der Waals surface area (Å²) in [6.45, 7) is 6.65. The van der Waals surface area contributed by atoms with Gasteiger partial charge in [0.25, 0.3) is 0 Å². The van der Waals surface area contributed by atoms with E-state index >= 15 is 0 Å². The summed E-state index contributed by atoms with van der Waals surface area (Å²) in [6, 6.07) is 17.3. The van der Waals surface area contributed by atoms with Crippen LogP contribution in [0.25, 0.3) is 6.08 Å². The highest BCUT2D eigenvalue weighted by molar-refractivity contribution is 5.59. The van der Waals surface area contributed by atoms with Gasteiger partial charge in [-0.25, -0.2) is 0 Å². The smallest absolute Gasteiger partial charge is 0.00670 e. The first-order valence-electron chi connectivity index (χ1n) is 7.05. The molecule has 0 radical (unpaired) electrons. The molecule has 0 saturated carbocycles. The van der Waals surface area contributed by atoms with Gasteiger partial charge in [-0.3, -0.25) is 0 Å². The Hall–Kier alpha value is -1.82. The highest BCUT2D eigenvalue weighted by Crippen LogP contribution is 2.29. The lowest BCUT2D eigenvalue weighted by atomic mass is 9.87. The number of rotatable bonds is 4. The third kappa shape index (κ3) is 3.14. The molecular weight excluding hydrogens is 228 g/mol. The van der Waals surface area contributed by atoms with Crippen LogP contribution in [-0.4, -0.2) is 0 Å². The van der Waals surface area contributed by atoms with Crippen LogP contribution in [0.3, 0.4) is 0 Å². The normalized spacial score (nSPS) is 12.8. The zero-order valence-corrected chi connectivity index (χ0v) is 12.1. The quantitative estimate of drug-likeness (QED) is 0.665. The third-order valence-corrected chi connectivity index (χ3v) is 3.64. The fraction of sp³-hybridized carbons (Fsp3) is 0.263. The Bertz CT molecular complexity index is 550. The Morgan fingerprint density at radius 3 is 2.42 bits per heavy atom. The van der Waals surface area contributed by atoms with E-state index in [0.717, 1.165) is 6.42 Å². The summed E-state index contributed by atoms with van der Waals surface area (Å²) in [7, 11) is 0. The van der Waals surface area contributed by atoms with Crippen LogP contribution in [0.1, 0.15) is 48.4 Å². The van der Waals surface area contributed by atoms with Gasteiger partial charge >= 0.3 is 0 Å². The molecule has 2 aromatic rings. The number of aryl methyl sites for hydroxylation is 1. The van der Waals surface area contributed by atoms with Crippen LogP contribution in [-0.2, 0) is 0 Å². The van der Waals surface area contributed by atoms with Gasteiger partial charge in [-0.2, -0.15) is 0 Å². The van der Waals surface area contributed by atoms with E-state index in [1.807, 2.05) is 0 Å². The Morgan fingerprint density at radius 2 is 1.74 bits per heavy atom. The Labute approximate surface area is 116 Å². The molecule has 0 bridgehead atoms. The van der Waals surface area contributed by atoms with E-state index < -0.39 is 0 Å². The zero-order valence-electron chi connectivity index (χ0n) is 12.1. The van der Waals surface area contributed by atoms with Crippen LogP contribution >= 0.6 is 0 Å². The van der Waals surface area contributed by atoms with Gasteiger partial charge in [-0.15, -0.1) is 0 Å². The van der Waals surface area contributed by atoms with Crippen LogP contribution in [0.15, 0.2) is 54.6 Å². The monoisotopic (exact) mass is 250 g/mol. The van der Waals surface area contributed by atoms with Crippen LogP contribution < -0.4 is 0 Å². The van der Waals surface area contributed by atoms with Crippen molar-refractivity contribution in [2.75, 3.05) is 0 Å². The minimum absolute atomic E-state index is 0.428. The van der Waals surface area contributed by atoms with Crippen LogP contribution in [0, 0.1) is 6.92 Å². The predicted molar refractivity (Wildman–Crippen MR) is 84.5 cm³/mol. The summed E-state index contributed by atoms with van der Waals surface area (Å²) in [5.41, 5.74) is 5.51. The van der Waals surface area contributed by atoms with Crippen molar-refractivity contribution in [1.29, 1.82) is 0 Å². The van der Waals surface area contributed by atoms with Crippen molar-refractivity contribution >= 4 is 6.08 Å². The van der Waals surface area contributed by atoms with Gasteiger partial charge in [-0.05, 0) is 35.6 Å². The lowest BCUT2D eigenvalue weighted by molar-refractivity contribution is 0.916. The van der Waals surface area contributed by atoms with E-state index in [9.17, 15) is 0 Å². The molecule has 19 heavy (non-hydrogen) atoms. The van der Waals surface area contributed by atoms with Crippen molar-refractivity contribution in [2.24, 2.45) is 0 Å². The first-order valence-corrected chi connectivity index (χ1v) is 7.05. The van der Waals surface area contributed by atoms with Gasteiger partial charge in [0.2, 0.25) is 0 Å². The Balaban J connectivity index is 2.44. The second-order valence-electron chi connectivity index (χ2n) is 5.02. The molecule has 0 heteroatoms. The molecule has 0 aliphatic rings. The number of hydrogen-bond acceptors (Lipinski definition) is 0. The minimum Gasteiger partial charge on any atom is -0.0842 e. The van der Waals surface area contributed by atoms with Crippen molar-refractivity contribution in [3.05, 3.63) is 76.9 Å². The molecule has 1 unspecified atom stereocenters. The molecule has 0 N–H and O–H groups in total. The summed E-state index contributed by atoms with van der Waals surface area (Å²) in [6.07, 6.45) is 5.58. The number of allylic oxidation sites excluding steroid dienone is 1. The summed E-state index contributed by atoms with van der Waals surface area (Å²) in [4.78, 5) is 0. The number of benzene rings is 2. The average Bonchev–Trinajstić information content (AvgIpc) is 2.46. The van der Waals surface area contributed by atoms with Gasteiger partial charge in [0, 0.05) is 5.92 Å². The summed E-state index contributed by atoms with van der Waals surface area (Å²) in [5, 5.41) is 0. The van der Waals surface area contributed by atoms with Crippen molar-refractivity contribution in [3.8, 4) is 0 Å². The summed E-state index contributed by atoms with van der Waals surface area (Å²) in [5.74, 6) is 0.428. The molecule has 0 aromatic heterocycles. The number of hydrogen-bond donors (Lipinski definition) is 0. The summed E-state index contributed by atoms with van der Waals surface area (Å²) >= 11 is 0. The highest BCUT2D eigenvalue weighted by atomic mass is 14.2. The van der Waals surface area contributed by atoms with E-state index in [1.54, 1.807) is 0 Å². The topological polar surface area (TPSA) is 0 Å². The molecule has 0 saturated heterocycles. The van der Waals surface area contributed by atoms with Gasteiger partial charge < -0.3 is 0 Å². The Morgan fingerprint density at radius 1 is 1.00 bits per heavy atom. The molecule has 0 fully saturated rings. The predicted octanol–water partition coefficient (Wildman–Crippen LogP) is 5.57. The second-order valence-corrected chi connectivity index (χ2v) is 5.02. The molecule has 0 aliphatic heterocycles. The van der Waals surface area contributed by atoms with E-state index in [4.69, 9.17) is 0 Å². The van der Waals surface area contributed by atoms with Gasteiger partial charge in [0.05, 0.1) is 0 Å². The second kappa shape index (κ2) is 6.38. The largest absolute Gasteiger partial charge is 0.0842 e.